The molecule has 0 spiro atoms. The van der Waals surface area contributed by atoms with Crippen molar-refractivity contribution in [2.75, 3.05) is 5.32 Å². The summed E-state index contributed by atoms with van der Waals surface area (Å²) in [5, 5.41) is 3.99. The number of nitrogens with two attached hydrogens (primary N) is 1. The van der Waals surface area contributed by atoms with Crippen molar-refractivity contribution < 1.29 is 4.79 Å². The number of carbonyl (C=O) groups is 1. The van der Waals surface area contributed by atoms with E-state index < -0.39 is 5.54 Å². The average molecular weight is 346 g/mol. The molecular formula is C14H18BrClN2O. The molecule has 0 heterocycles. The molecule has 19 heavy (non-hydrogen) atoms. The van der Waals surface area contributed by atoms with Gasteiger partial charge in [-0.25, -0.2) is 0 Å². The molecule has 2 rings (SSSR count). The zero-order chi connectivity index (χ0) is 14.3. The van der Waals surface area contributed by atoms with E-state index in [9.17, 15) is 4.79 Å². The summed E-state index contributed by atoms with van der Waals surface area (Å²) in [6.45, 7) is 4.17. The summed E-state index contributed by atoms with van der Waals surface area (Å²) in [6, 6.07) is 5.54. The lowest BCUT2D eigenvalue weighted by Gasteiger charge is -2.40. The number of amides is 1. The molecule has 1 aromatic rings. The molecule has 1 fully saturated rings. The molecule has 0 saturated heterocycles. The molecule has 3 nitrogen and oxygen atoms in total. The monoisotopic (exact) mass is 344 g/mol. The Hall–Kier alpha value is -0.740. The van der Waals surface area contributed by atoms with E-state index in [4.69, 9.17) is 17.3 Å². The number of anilines is 1. The van der Waals surface area contributed by atoms with Gasteiger partial charge in [0.1, 0.15) is 5.54 Å². The van der Waals surface area contributed by atoms with E-state index in [1.54, 1.807) is 6.07 Å². The van der Waals surface area contributed by atoms with Crippen molar-refractivity contribution in [3.05, 3.63) is 27.7 Å². The van der Waals surface area contributed by atoms with Gasteiger partial charge in [0, 0.05) is 10.2 Å². The Morgan fingerprint density at radius 1 is 1.42 bits per heavy atom. The molecule has 0 aliphatic heterocycles. The minimum Gasteiger partial charge on any atom is -0.371 e. The van der Waals surface area contributed by atoms with Crippen LogP contribution in [0, 0.1) is 5.41 Å². The zero-order valence-corrected chi connectivity index (χ0v) is 13.4. The Bertz CT molecular complexity index is 518. The van der Waals surface area contributed by atoms with Gasteiger partial charge in [0.15, 0.2) is 0 Å². The molecule has 1 aliphatic rings. The summed E-state index contributed by atoms with van der Waals surface area (Å²) in [5.74, 6) is -0.291. The van der Waals surface area contributed by atoms with Crippen LogP contribution in [0.25, 0.3) is 0 Å². The SMILES string of the molecule is CC1(C)CCCC1(Nc1ccc(Cl)c(Br)c1)C(N)=O. The van der Waals surface area contributed by atoms with Crippen molar-refractivity contribution in [3.63, 3.8) is 0 Å². The average Bonchev–Trinajstić information content (AvgIpc) is 2.60. The van der Waals surface area contributed by atoms with Crippen molar-refractivity contribution in [1.29, 1.82) is 0 Å². The fraction of sp³-hybridized carbons (Fsp3) is 0.500. The molecule has 1 atom stereocenters. The van der Waals surface area contributed by atoms with E-state index in [2.05, 4.69) is 35.1 Å². The van der Waals surface area contributed by atoms with Gasteiger partial charge in [-0.15, -0.1) is 0 Å². The third kappa shape index (κ3) is 2.48. The van der Waals surface area contributed by atoms with Gasteiger partial charge in [-0.1, -0.05) is 25.4 Å². The van der Waals surface area contributed by atoms with E-state index in [1.807, 2.05) is 12.1 Å². The first-order valence-electron chi connectivity index (χ1n) is 6.32. The lowest BCUT2D eigenvalue weighted by atomic mass is 9.74. The third-order valence-electron chi connectivity index (χ3n) is 4.21. The minimum atomic E-state index is -0.694. The Morgan fingerprint density at radius 3 is 2.58 bits per heavy atom. The van der Waals surface area contributed by atoms with Crippen LogP contribution in [0.15, 0.2) is 22.7 Å². The molecule has 0 aromatic heterocycles. The van der Waals surface area contributed by atoms with Crippen LogP contribution in [0.4, 0.5) is 5.69 Å². The Balaban J connectivity index is 2.37. The van der Waals surface area contributed by atoms with Crippen molar-refractivity contribution in [3.8, 4) is 0 Å². The molecular weight excluding hydrogens is 328 g/mol. The molecule has 0 radical (unpaired) electrons. The molecule has 5 heteroatoms. The number of carbonyl (C=O) groups excluding carboxylic acids is 1. The maximum atomic E-state index is 12.0. The van der Waals surface area contributed by atoms with E-state index in [1.165, 1.54) is 0 Å². The Labute approximate surface area is 127 Å². The van der Waals surface area contributed by atoms with E-state index in [0.29, 0.717) is 5.02 Å². The van der Waals surface area contributed by atoms with E-state index in [-0.39, 0.29) is 11.3 Å². The highest BCUT2D eigenvalue weighted by molar-refractivity contribution is 9.10. The van der Waals surface area contributed by atoms with Crippen LogP contribution >= 0.6 is 27.5 Å². The molecule has 1 unspecified atom stereocenters. The minimum absolute atomic E-state index is 0.162. The first-order valence-corrected chi connectivity index (χ1v) is 7.49. The second-order valence-electron chi connectivity index (χ2n) is 5.76. The number of nitrogens with one attached hydrogen (secondary N) is 1. The molecule has 1 amide bonds. The van der Waals surface area contributed by atoms with Crippen molar-refractivity contribution in [2.24, 2.45) is 11.1 Å². The predicted molar refractivity (Wildman–Crippen MR) is 82.3 cm³/mol. The highest BCUT2D eigenvalue weighted by Crippen LogP contribution is 2.48. The van der Waals surface area contributed by atoms with Crippen LogP contribution in [0.5, 0.6) is 0 Å². The fourth-order valence-electron chi connectivity index (χ4n) is 2.92. The summed E-state index contributed by atoms with van der Waals surface area (Å²) >= 11 is 9.37. The zero-order valence-electron chi connectivity index (χ0n) is 11.1. The molecule has 104 valence electrons. The van der Waals surface area contributed by atoms with Crippen molar-refractivity contribution >= 4 is 39.1 Å². The van der Waals surface area contributed by atoms with Crippen molar-refractivity contribution in [2.45, 2.75) is 38.6 Å². The second-order valence-corrected chi connectivity index (χ2v) is 7.02. The highest BCUT2D eigenvalue weighted by atomic mass is 79.9. The lowest BCUT2D eigenvalue weighted by Crippen LogP contribution is -2.57. The Morgan fingerprint density at radius 2 is 2.11 bits per heavy atom. The van der Waals surface area contributed by atoms with Crippen LogP contribution in [0.3, 0.4) is 0 Å². The van der Waals surface area contributed by atoms with Gasteiger partial charge in [-0.2, -0.15) is 0 Å². The summed E-state index contributed by atoms with van der Waals surface area (Å²) in [5.41, 5.74) is 5.68. The smallest absolute Gasteiger partial charge is 0.243 e. The standard InChI is InChI=1S/C14H18BrClN2O/c1-13(2)6-3-7-14(13,12(17)19)18-9-4-5-11(16)10(15)8-9/h4-5,8,18H,3,6-7H2,1-2H3,(H2,17,19). The maximum Gasteiger partial charge on any atom is 0.243 e. The quantitative estimate of drug-likeness (QED) is 0.871. The predicted octanol–water partition coefficient (Wildman–Crippen LogP) is 3.95. The number of rotatable bonds is 3. The number of benzene rings is 1. The maximum absolute atomic E-state index is 12.0. The van der Waals surface area contributed by atoms with Gasteiger partial charge < -0.3 is 11.1 Å². The van der Waals surface area contributed by atoms with Crippen LogP contribution in [-0.4, -0.2) is 11.4 Å². The van der Waals surface area contributed by atoms with Gasteiger partial charge in [-0.05, 0) is 58.8 Å². The van der Waals surface area contributed by atoms with Gasteiger partial charge >= 0.3 is 0 Å². The van der Waals surface area contributed by atoms with E-state index >= 15 is 0 Å². The number of hydrogen-bond acceptors (Lipinski definition) is 2. The summed E-state index contributed by atoms with van der Waals surface area (Å²) in [4.78, 5) is 12.0. The van der Waals surface area contributed by atoms with Gasteiger partial charge in [0.2, 0.25) is 5.91 Å². The topological polar surface area (TPSA) is 55.1 Å². The molecule has 1 aromatic carbocycles. The van der Waals surface area contributed by atoms with Gasteiger partial charge in [-0.3, -0.25) is 4.79 Å². The Kier molecular flexibility index (Phi) is 3.85. The largest absolute Gasteiger partial charge is 0.371 e. The fourth-order valence-corrected chi connectivity index (χ4v) is 3.41. The molecule has 1 aliphatic carbocycles. The van der Waals surface area contributed by atoms with Crippen LogP contribution in [0.2, 0.25) is 5.02 Å². The molecule has 1 saturated carbocycles. The van der Waals surface area contributed by atoms with Crippen molar-refractivity contribution in [1.82, 2.24) is 0 Å². The lowest BCUT2D eigenvalue weighted by molar-refractivity contribution is -0.125. The molecule has 0 bridgehead atoms. The second kappa shape index (κ2) is 4.98. The third-order valence-corrected chi connectivity index (χ3v) is 5.42. The van der Waals surface area contributed by atoms with Crippen LogP contribution < -0.4 is 11.1 Å². The van der Waals surface area contributed by atoms with E-state index in [0.717, 1.165) is 29.4 Å². The summed E-state index contributed by atoms with van der Waals surface area (Å²) < 4.78 is 0.801. The first-order chi connectivity index (χ1) is 8.78. The number of hydrogen-bond donors (Lipinski definition) is 2. The van der Waals surface area contributed by atoms with Crippen LogP contribution in [-0.2, 0) is 4.79 Å². The van der Waals surface area contributed by atoms with Gasteiger partial charge in [0.05, 0.1) is 5.02 Å². The first kappa shape index (κ1) is 14.7. The number of halogens is 2. The highest BCUT2D eigenvalue weighted by Gasteiger charge is 2.53. The summed E-state index contributed by atoms with van der Waals surface area (Å²) in [7, 11) is 0. The van der Waals surface area contributed by atoms with Gasteiger partial charge in [0.25, 0.3) is 0 Å². The summed E-state index contributed by atoms with van der Waals surface area (Å²) in [6.07, 6.45) is 2.74. The number of primary amides is 1. The normalized spacial score (nSPS) is 25.3. The van der Waals surface area contributed by atoms with Crippen LogP contribution in [0.1, 0.15) is 33.1 Å². The molecule has 3 N–H and O–H groups in total.